The minimum atomic E-state index is -0.860. The molecule has 1 aromatic heterocycles. The van der Waals surface area contributed by atoms with Gasteiger partial charge in [0.25, 0.3) is 5.91 Å². The van der Waals surface area contributed by atoms with Crippen LogP contribution in [-0.2, 0) is 0 Å². The van der Waals surface area contributed by atoms with Crippen LogP contribution in [0.1, 0.15) is 109 Å². The third kappa shape index (κ3) is 10.7. The van der Waals surface area contributed by atoms with E-state index in [1.54, 1.807) is 11.7 Å². The molecule has 1 atom stereocenters. The highest BCUT2D eigenvalue weighted by atomic mass is 19.1. The number of fused-ring (bicyclic) bond motifs is 2. The summed E-state index contributed by atoms with van der Waals surface area (Å²) >= 11 is 0. The van der Waals surface area contributed by atoms with Gasteiger partial charge in [0.05, 0.1) is 18.2 Å². The zero-order valence-corrected chi connectivity index (χ0v) is 32.9. The zero-order valence-electron chi connectivity index (χ0n) is 32.9. The lowest BCUT2D eigenvalue weighted by Crippen LogP contribution is -2.27. The monoisotopic (exact) mass is 726 g/mol. The van der Waals surface area contributed by atoms with Crippen LogP contribution in [-0.4, -0.2) is 24.1 Å². The summed E-state index contributed by atoms with van der Waals surface area (Å²) in [5.74, 6) is 0.198. The van der Waals surface area contributed by atoms with Crippen LogP contribution < -0.4 is 31.3 Å². The Balaban J connectivity index is 0.000000610. The van der Waals surface area contributed by atoms with Gasteiger partial charge in [0.2, 0.25) is 5.43 Å². The van der Waals surface area contributed by atoms with Gasteiger partial charge in [-0.2, -0.15) is 0 Å². The van der Waals surface area contributed by atoms with E-state index in [2.05, 4.69) is 44.4 Å². The number of unbranched alkanes of at least 4 members (excludes halogenated alkanes) is 4. The molecule has 2 heterocycles. The van der Waals surface area contributed by atoms with Crippen molar-refractivity contribution in [1.82, 2.24) is 4.57 Å². The lowest BCUT2D eigenvalue weighted by atomic mass is 9.85. The van der Waals surface area contributed by atoms with Crippen LogP contribution in [0, 0.1) is 18.7 Å². The number of aryl methyl sites for hydroxylation is 1. The molecule has 2 aliphatic carbocycles. The number of hydrogen-bond donors (Lipinski definition) is 3. The summed E-state index contributed by atoms with van der Waals surface area (Å²) in [6, 6.07) is 6.99. The summed E-state index contributed by atoms with van der Waals surface area (Å²) in [6.45, 7) is 15.2. The SMILES string of the molecule is CC.CCC.CCCCCC.COc1ccc(N/C=C/CCCNc2c(F)cc3c(=O)c(C(N)=O)cn4c3c2OC2=C4CC3C=CC=CC3=C2)c(C)c1. The van der Waals surface area contributed by atoms with Crippen LogP contribution in [0.15, 0.2) is 89.2 Å². The van der Waals surface area contributed by atoms with Gasteiger partial charge >= 0.3 is 0 Å². The van der Waals surface area contributed by atoms with Crippen LogP contribution in [0.5, 0.6) is 11.5 Å². The van der Waals surface area contributed by atoms with E-state index >= 15 is 4.39 Å². The van der Waals surface area contributed by atoms with Crippen molar-refractivity contribution in [2.45, 2.75) is 99.8 Å². The summed E-state index contributed by atoms with van der Waals surface area (Å²) in [5.41, 5.74) is 9.23. The Kier molecular flexibility index (Phi) is 17.2. The number of benzene rings is 2. The van der Waals surface area contributed by atoms with Gasteiger partial charge in [-0.1, -0.05) is 104 Å². The van der Waals surface area contributed by atoms with E-state index in [1.165, 1.54) is 38.3 Å². The topological polar surface area (TPSA) is 108 Å². The highest BCUT2D eigenvalue weighted by molar-refractivity contribution is 6.01. The molecular formula is C44H59FN4O4. The predicted molar refractivity (Wildman–Crippen MR) is 220 cm³/mol. The maximum Gasteiger partial charge on any atom is 0.254 e. The molecule has 1 aliphatic heterocycles. The van der Waals surface area contributed by atoms with Gasteiger partial charge < -0.3 is 30.4 Å². The van der Waals surface area contributed by atoms with Crippen molar-refractivity contribution in [1.29, 1.82) is 0 Å². The molecule has 1 unspecified atom stereocenters. The molecule has 1 amide bonds. The second-order valence-corrected chi connectivity index (χ2v) is 12.9. The fraction of sp³-hybridized carbons (Fsp3) is 0.409. The number of halogens is 1. The second kappa shape index (κ2) is 21.5. The molecule has 2 aromatic carbocycles. The lowest BCUT2D eigenvalue weighted by molar-refractivity contribution is 0.0999. The van der Waals surface area contributed by atoms with Crippen LogP contribution in [0.2, 0.25) is 0 Å². The van der Waals surface area contributed by atoms with Crippen molar-refractivity contribution < 1.29 is 18.7 Å². The number of pyridine rings is 1. The summed E-state index contributed by atoms with van der Waals surface area (Å²) < 4.78 is 28.9. The largest absolute Gasteiger partial charge is 0.497 e. The molecule has 0 spiro atoms. The smallest absolute Gasteiger partial charge is 0.254 e. The number of amides is 1. The molecule has 6 rings (SSSR count). The highest BCUT2D eigenvalue weighted by Crippen LogP contribution is 2.46. The van der Waals surface area contributed by atoms with E-state index in [0.29, 0.717) is 24.2 Å². The quantitative estimate of drug-likeness (QED) is 0.160. The van der Waals surface area contributed by atoms with Crippen molar-refractivity contribution in [3.05, 3.63) is 112 Å². The van der Waals surface area contributed by atoms with Crippen molar-refractivity contribution in [2.75, 3.05) is 24.3 Å². The average Bonchev–Trinajstić information content (AvgIpc) is 3.16. The molecule has 0 bridgehead atoms. The summed E-state index contributed by atoms with van der Waals surface area (Å²) in [6.07, 6.45) is 24.2. The van der Waals surface area contributed by atoms with Crippen molar-refractivity contribution >= 4 is 33.9 Å². The Morgan fingerprint density at radius 1 is 1.09 bits per heavy atom. The first-order valence-electron chi connectivity index (χ1n) is 19.2. The number of aromatic nitrogens is 1. The average molecular weight is 727 g/mol. The number of anilines is 2. The first kappa shape index (κ1) is 42.4. The minimum Gasteiger partial charge on any atom is -0.497 e. The van der Waals surface area contributed by atoms with E-state index in [0.717, 1.165) is 47.2 Å². The number of nitrogens with zero attached hydrogens (tertiary/aromatic N) is 1. The van der Waals surface area contributed by atoms with E-state index in [9.17, 15) is 9.59 Å². The van der Waals surface area contributed by atoms with Gasteiger partial charge in [0, 0.05) is 30.8 Å². The van der Waals surface area contributed by atoms with Crippen molar-refractivity contribution in [3.63, 3.8) is 0 Å². The molecule has 53 heavy (non-hydrogen) atoms. The third-order valence-corrected chi connectivity index (χ3v) is 8.73. The molecule has 286 valence electrons. The van der Waals surface area contributed by atoms with Gasteiger partial charge in [0.1, 0.15) is 28.3 Å². The standard InChI is InChI=1S/C33H31FN4O4.C6H14.C3H8.C2H6/c1-19-14-22(41-2)10-11-26(19)36-12-6-3-7-13-37-29-25(34)17-23-30-32(29)42-28-16-21-9-5-4-8-20(21)15-27(28)38(30)18-24(31(23)39)33(35)40;1-3-5-6-4-2;1-3-2;1-2/h4-6,8-12,14,16-18,20,36-37H,3,7,13,15H2,1-2H3,(H2,35,40);3-6H2,1-2H3;3H2,1-2H3;1-2H3/b12-6+;;;. The van der Waals surface area contributed by atoms with Crippen LogP contribution in [0.25, 0.3) is 16.6 Å². The first-order chi connectivity index (χ1) is 25.7. The maximum absolute atomic E-state index is 15.5. The number of ether oxygens (including phenoxy) is 2. The summed E-state index contributed by atoms with van der Waals surface area (Å²) in [7, 11) is 1.64. The lowest BCUT2D eigenvalue weighted by Gasteiger charge is -2.32. The van der Waals surface area contributed by atoms with E-state index < -0.39 is 17.2 Å². The van der Waals surface area contributed by atoms with Gasteiger partial charge in [-0.25, -0.2) is 4.39 Å². The second-order valence-electron chi connectivity index (χ2n) is 12.9. The summed E-state index contributed by atoms with van der Waals surface area (Å²) in [4.78, 5) is 25.3. The third-order valence-electron chi connectivity index (χ3n) is 8.73. The van der Waals surface area contributed by atoms with Crippen LogP contribution >= 0.6 is 0 Å². The van der Waals surface area contributed by atoms with Gasteiger partial charge in [-0.15, -0.1) is 0 Å². The Morgan fingerprint density at radius 2 is 1.81 bits per heavy atom. The summed E-state index contributed by atoms with van der Waals surface area (Å²) in [5, 5.41) is 6.51. The molecule has 9 heteroatoms. The molecule has 0 radical (unpaired) electrons. The normalized spacial score (nSPS) is 14.7. The zero-order chi connectivity index (χ0) is 38.9. The fourth-order valence-electron chi connectivity index (χ4n) is 6.07. The molecule has 8 nitrogen and oxygen atoms in total. The number of carbonyl (C=O) groups excluding carboxylic acids is 1. The van der Waals surface area contributed by atoms with E-state index in [1.807, 2.05) is 75.6 Å². The molecular weight excluding hydrogens is 668 g/mol. The van der Waals surface area contributed by atoms with E-state index in [4.69, 9.17) is 15.2 Å². The van der Waals surface area contributed by atoms with Crippen LogP contribution in [0.3, 0.4) is 0 Å². The fourth-order valence-corrected chi connectivity index (χ4v) is 6.07. The Morgan fingerprint density at radius 3 is 2.45 bits per heavy atom. The predicted octanol–water partition coefficient (Wildman–Crippen LogP) is 11.0. The number of primary amides is 1. The number of nitrogens with two attached hydrogens (primary N) is 1. The highest BCUT2D eigenvalue weighted by Gasteiger charge is 2.32. The number of hydrogen-bond acceptors (Lipinski definition) is 6. The number of carbonyl (C=O) groups is 1. The van der Waals surface area contributed by atoms with Gasteiger partial charge in [0.15, 0.2) is 11.6 Å². The molecule has 3 aliphatic rings. The molecule has 0 saturated carbocycles. The number of allylic oxidation sites excluding steroid dienone is 8. The Bertz CT molecular complexity index is 1910. The molecule has 0 saturated heterocycles. The van der Waals surface area contributed by atoms with Crippen molar-refractivity contribution in [2.24, 2.45) is 11.7 Å². The Hall–Kier alpha value is -5.05. The number of rotatable bonds is 12. The van der Waals surface area contributed by atoms with Gasteiger partial charge in [-0.05, 0) is 67.4 Å². The first-order valence-corrected chi connectivity index (χ1v) is 19.2. The molecule has 3 aromatic rings. The molecule has 0 fully saturated rings. The number of methoxy groups -OCH3 is 1. The Labute approximate surface area is 315 Å². The minimum absolute atomic E-state index is 0.0487. The van der Waals surface area contributed by atoms with Crippen LogP contribution in [0.4, 0.5) is 15.8 Å². The maximum atomic E-state index is 15.5. The molecule has 4 N–H and O–H groups in total. The van der Waals surface area contributed by atoms with E-state index in [-0.39, 0.29) is 28.3 Å². The van der Waals surface area contributed by atoms with Crippen molar-refractivity contribution in [3.8, 4) is 11.5 Å². The van der Waals surface area contributed by atoms with Gasteiger partial charge in [-0.3, -0.25) is 9.59 Å². The number of nitrogens with one attached hydrogen (secondary N) is 2.